The maximum atomic E-state index is 13.5. The van der Waals surface area contributed by atoms with Crippen LogP contribution in [0.3, 0.4) is 0 Å². The first-order valence-electron chi connectivity index (χ1n) is 6.61. The zero-order chi connectivity index (χ0) is 13.8. The van der Waals surface area contributed by atoms with Gasteiger partial charge in [-0.3, -0.25) is 0 Å². The maximum Gasteiger partial charge on any atom is 0.200 e. The van der Waals surface area contributed by atoms with Crippen LogP contribution in [0.1, 0.15) is 32.6 Å². The summed E-state index contributed by atoms with van der Waals surface area (Å²) in [5.41, 5.74) is 0. The van der Waals surface area contributed by atoms with Crippen LogP contribution in [0.4, 0.5) is 8.78 Å². The van der Waals surface area contributed by atoms with Gasteiger partial charge in [-0.1, -0.05) is 15.9 Å². The average molecular weight is 334 g/mol. The molecule has 1 atom stereocenters. The van der Waals surface area contributed by atoms with Crippen molar-refractivity contribution in [1.29, 1.82) is 0 Å². The normalized spacial score (nSPS) is 16.4. The molecule has 1 aliphatic carbocycles. The number of halogens is 3. The summed E-state index contributed by atoms with van der Waals surface area (Å²) in [6.07, 6.45) is 4.19. The van der Waals surface area contributed by atoms with Gasteiger partial charge in [0.1, 0.15) is 0 Å². The van der Waals surface area contributed by atoms with Crippen LogP contribution in [0, 0.1) is 11.6 Å². The van der Waals surface area contributed by atoms with Gasteiger partial charge >= 0.3 is 0 Å². The lowest BCUT2D eigenvalue weighted by Gasteiger charge is -2.15. The Kier molecular flexibility index (Phi) is 5.16. The molecule has 19 heavy (non-hydrogen) atoms. The zero-order valence-electron chi connectivity index (χ0n) is 10.9. The van der Waals surface area contributed by atoms with Crippen molar-refractivity contribution in [2.45, 2.75) is 44.8 Å². The number of benzene rings is 1. The van der Waals surface area contributed by atoms with E-state index in [1.807, 2.05) is 6.92 Å². The van der Waals surface area contributed by atoms with Gasteiger partial charge in [0.05, 0.1) is 6.10 Å². The van der Waals surface area contributed by atoms with Gasteiger partial charge in [0.2, 0.25) is 5.82 Å². The van der Waals surface area contributed by atoms with Crippen LogP contribution in [-0.2, 0) is 0 Å². The van der Waals surface area contributed by atoms with Gasteiger partial charge in [-0.05, 0) is 51.3 Å². The largest absolute Gasteiger partial charge is 0.487 e. The van der Waals surface area contributed by atoms with Crippen LogP contribution >= 0.6 is 15.9 Å². The quantitative estimate of drug-likeness (QED) is 0.601. The van der Waals surface area contributed by atoms with Crippen molar-refractivity contribution >= 4 is 15.9 Å². The van der Waals surface area contributed by atoms with Crippen molar-refractivity contribution in [3.8, 4) is 5.75 Å². The predicted octanol–water partition coefficient (Wildman–Crippen LogP) is 4.03. The first-order valence-corrected chi connectivity index (χ1v) is 7.40. The molecule has 0 aromatic heterocycles. The molecule has 1 aromatic carbocycles. The molecule has 1 saturated carbocycles. The first-order chi connectivity index (χ1) is 9.06. The second kappa shape index (κ2) is 6.66. The fraction of sp³-hybridized carbons (Fsp3) is 0.571. The lowest BCUT2D eigenvalue weighted by atomic mass is 10.2. The van der Waals surface area contributed by atoms with Crippen molar-refractivity contribution in [3.05, 3.63) is 28.2 Å². The summed E-state index contributed by atoms with van der Waals surface area (Å²) in [7, 11) is 0. The SMILES string of the molecule is CC(CCCNC1CC1)Oc1cc(Br)cc(F)c1F. The molecule has 0 saturated heterocycles. The Morgan fingerprint density at radius 2 is 2.16 bits per heavy atom. The molecule has 1 aromatic rings. The Balaban J connectivity index is 1.78. The smallest absolute Gasteiger partial charge is 0.200 e. The third-order valence-corrected chi connectivity index (χ3v) is 3.54. The van der Waals surface area contributed by atoms with E-state index in [4.69, 9.17) is 4.74 Å². The summed E-state index contributed by atoms with van der Waals surface area (Å²) < 4.78 is 32.6. The number of nitrogens with one attached hydrogen (secondary N) is 1. The number of hydrogen-bond donors (Lipinski definition) is 1. The van der Waals surface area contributed by atoms with E-state index in [1.165, 1.54) is 18.9 Å². The predicted molar refractivity (Wildman–Crippen MR) is 74.4 cm³/mol. The van der Waals surface area contributed by atoms with Crippen LogP contribution in [0.25, 0.3) is 0 Å². The minimum absolute atomic E-state index is 0.0328. The molecule has 0 bridgehead atoms. The number of ether oxygens (including phenoxy) is 1. The first kappa shape index (κ1) is 14.7. The Bertz CT molecular complexity index is 438. The molecule has 1 unspecified atom stereocenters. The Labute approximate surface area is 120 Å². The third-order valence-electron chi connectivity index (χ3n) is 3.09. The molecule has 0 heterocycles. The minimum atomic E-state index is -0.925. The second-order valence-corrected chi connectivity index (χ2v) is 5.91. The molecule has 1 fully saturated rings. The van der Waals surface area contributed by atoms with Gasteiger partial charge in [0.25, 0.3) is 0 Å². The van der Waals surface area contributed by atoms with Gasteiger partial charge in [0.15, 0.2) is 11.6 Å². The molecular formula is C14H18BrF2NO. The highest BCUT2D eigenvalue weighted by molar-refractivity contribution is 9.10. The summed E-state index contributed by atoms with van der Waals surface area (Å²) in [6, 6.07) is 3.25. The van der Waals surface area contributed by atoms with Crippen LogP contribution in [-0.4, -0.2) is 18.7 Å². The molecule has 0 spiro atoms. The van der Waals surface area contributed by atoms with Crippen LogP contribution in [0.2, 0.25) is 0 Å². The van der Waals surface area contributed by atoms with E-state index < -0.39 is 11.6 Å². The van der Waals surface area contributed by atoms with Crippen LogP contribution < -0.4 is 10.1 Å². The highest BCUT2D eigenvalue weighted by Crippen LogP contribution is 2.26. The summed E-state index contributed by atoms with van der Waals surface area (Å²) in [6.45, 7) is 2.82. The molecule has 2 rings (SSSR count). The van der Waals surface area contributed by atoms with Crippen molar-refractivity contribution in [2.24, 2.45) is 0 Å². The summed E-state index contributed by atoms with van der Waals surface area (Å²) >= 11 is 3.13. The zero-order valence-corrected chi connectivity index (χ0v) is 12.5. The average Bonchev–Trinajstić information content (AvgIpc) is 3.15. The Hall–Kier alpha value is -0.680. The van der Waals surface area contributed by atoms with Crippen molar-refractivity contribution < 1.29 is 13.5 Å². The molecule has 5 heteroatoms. The Morgan fingerprint density at radius 3 is 2.84 bits per heavy atom. The molecule has 1 N–H and O–H groups in total. The van der Waals surface area contributed by atoms with E-state index in [0.717, 1.165) is 25.5 Å². The van der Waals surface area contributed by atoms with Gasteiger partial charge in [-0.15, -0.1) is 0 Å². The molecular weight excluding hydrogens is 316 g/mol. The van der Waals surface area contributed by atoms with Gasteiger partial charge in [-0.2, -0.15) is 4.39 Å². The highest BCUT2D eigenvalue weighted by Gasteiger charge is 2.20. The molecule has 1 aliphatic rings. The fourth-order valence-electron chi connectivity index (χ4n) is 1.88. The standard InChI is InChI=1S/C14H18BrF2NO/c1-9(3-2-6-18-11-4-5-11)19-13-8-10(15)7-12(16)14(13)17/h7-9,11,18H,2-6H2,1H3. The van der Waals surface area contributed by atoms with E-state index in [-0.39, 0.29) is 11.9 Å². The second-order valence-electron chi connectivity index (χ2n) is 5.00. The van der Waals surface area contributed by atoms with E-state index >= 15 is 0 Å². The summed E-state index contributed by atoms with van der Waals surface area (Å²) in [5, 5.41) is 3.41. The highest BCUT2D eigenvalue weighted by atomic mass is 79.9. The number of hydrogen-bond acceptors (Lipinski definition) is 2. The van der Waals surface area contributed by atoms with E-state index in [1.54, 1.807) is 0 Å². The van der Waals surface area contributed by atoms with E-state index in [2.05, 4.69) is 21.2 Å². The maximum absolute atomic E-state index is 13.5. The Morgan fingerprint density at radius 1 is 1.42 bits per heavy atom. The topological polar surface area (TPSA) is 21.3 Å². The van der Waals surface area contributed by atoms with Gasteiger partial charge in [-0.25, -0.2) is 4.39 Å². The van der Waals surface area contributed by atoms with Crippen molar-refractivity contribution in [3.63, 3.8) is 0 Å². The monoisotopic (exact) mass is 333 g/mol. The van der Waals surface area contributed by atoms with Crippen molar-refractivity contribution in [1.82, 2.24) is 5.32 Å². The molecule has 0 radical (unpaired) electrons. The molecule has 0 aliphatic heterocycles. The number of rotatable bonds is 7. The molecule has 2 nitrogen and oxygen atoms in total. The van der Waals surface area contributed by atoms with Gasteiger partial charge in [0, 0.05) is 10.5 Å². The van der Waals surface area contributed by atoms with E-state index in [0.29, 0.717) is 10.5 Å². The summed E-state index contributed by atoms with van der Waals surface area (Å²) in [5.74, 6) is -1.85. The summed E-state index contributed by atoms with van der Waals surface area (Å²) in [4.78, 5) is 0. The lowest BCUT2D eigenvalue weighted by Crippen LogP contribution is -2.20. The van der Waals surface area contributed by atoms with Crippen LogP contribution in [0.5, 0.6) is 5.75 Å². The third kappa shape index (κ3) is 4.73. The molecule has 0 amide bonds. The molecule has 106 valence electrons. The minimum Gasteiger partial charge on any atom is -0.487 e. The fourth-order valence-corrected chi connectivity index (χ4v) is 2.29. The van der Waals surface area contributed by atoms with E-state index in [9.17, 15) is 8.78 Å². The van der Waals surface area contributed by atoms with Crippen LogP contribution in [0.15, 0.2) is 16.6 Å². The van der Waals surface area contributed by atoms with Crippen molar-refractivity contribution in [2.75, 3.05) is 6.54 Å². The van der Waals surface area contributed by atoms with Gasteiger partial charge < -0.3 is 10.1 Å². The lowest BCUT2D eigenvalue weighted by molar-refractivity contribution is 0.196.